The predicted octanol–water partition coefficient (Wildman–Crippen LogP) is 4.52. The molecule has 3 nitrogen and oxygen atoms in total. The summed E-state index contributed by atoms with van der Waals surface area (Å²) in [5, 5.41) is 1.81. The fourth-order valence-corrected chi connectivity index (χ4v) is 3.39. The summed E-state index contributed by atoms with van der Waals surface area (Å²) in [5.41, 5.74) is 0. The molecule has 2 rings (SSSR count). The number of fused-ring (bicyclic) bond motifs is 1. The van der Waals surface area contributed by atoms with E-state index in [1.807, 2.05) is 36.4 Å². The van der Waals surface area contributed by atoms with Gasteiger partial charge in [-0.25, -0.2) is 0 Å². The average Bonchev–Trinajstić information content (AvgIpc) is 2.47. The van der Waals surface area contributed by atoms with Crippen molar-refractivity contribution in [3.63, 3.8) is 0 Å². The summed E-state index contributed by atoms with van der Waals surface area (Å²) in [7, 11) is -3.51. The second-order valence-corrected chi connectivity index (χ2v) is 6.93. The van der Waals surface area contributed by atoms with Gasteiger partial charge in [-0.15, -0.1) is 0 Å². The van der Waals surface area contributed by atoms with Crippen molar-refractivity contribution < 1.29 is 12.6 Å². The third kappa shape index (κ3) is 4.74. The Morgan fingerprint density at radius 3 is 2.43 bits per heavy atom. The zero-order valence-corrected chi connectivity index (χ0v) is 13.2. The Balaban J connectivity index is 2.02. The molecule has 0 atom stereocenters. The molecule has 0 amide bonds. The lowest BCUT2D eigenvalue weighted by Gasteiger charge is -2.09. The summed E-state index contributed by atoms with van der Waals surface area (Å²) >= 11 is 0. The number of rotatable bonds is 8. The van der Waals surface area contributed by atoms with Gasteiger partial charge >= 0.3 is 10.1 Å². The Morgan fingerprint density at radius 2 is 1.62 bits per heavy atom. The molecule has 0 bridgehead atoms. The van der Waals surface area contributed by atoms with E-state index < -0.39 is 10.1 Å². The van der Waals surface area contributed by atoms with Gasteiger partial charge in [0.15, 0.2) is 0 Å². The summed E-state index contributed by atoms with van der Waals surface area (Å²) in [6.07, 6.45) is 4.99. The molecule has 0 saturated heterocycles. The van der Waals surface area contributed by atoms with Crippen LogP contribution >= 0.6 is 0 Å². The van der Waals surface area contributed by atoms with Crippen LogP contribution in [0.15, 0.2) is 42.5 Å². The number of unbranched alkanes of at least 4 members (excludes halogenated alkanes) is 4. The molecule has 114 valence electrons. The third-order valence-corrected chi connectivity index (χ3v) is 4.69. The van der Waals surface area contributed by atoms with Gasteiger partial charge in [0.1, 0.15) is 5.75 Å². The SMILES string of the molecule is CCCCCCCS(=O)(=O)Oc1cccc2ccccc12. The first-order valence-electron chi connectivity index (χ1n) is 7.52. The van der Waals surface area contributed by atoms with Crippen molar-refractivity contribution in [1.82, 2.24) is 0 Å². The maximum atomic E-state index is 12.1. The smallest absolute Gasteiger partial charge is 0.309 e. The van der Waals surface area contributed by atoms with Gasteiger partial charge in [0, 0.05) is 5.39 Å². The van der Waals surface area contributed by atoms with Gasteiger partial charge in [-0.2, -0.15) is 8.42 Å². The summed E-state index contributed by atoms with van der Waals surface area (Å²) in [6, 6.07) is 13.1. The van der Waals surface area contributed by atoms with E-state index in [-0.39, 0.29) is 5.75 Å². The minimum absolute atomic E-state index is 0.0833. The summed E-state index contributed by atoms with van der Waals surface area (Å²) in [4.78, 5) is 0. The van der Waals surface area contributed by atoms with E-state index in [4.69, 9.17) is 4.18 Å². The predicted molar refractivity (Wildman–Crippen MR) is 87.1 cm³/mol. The Labute approximate surface area is 127 Å². The molecule has 0 aromatic heterocycles. The van der Waals surface area contributed by atoms with E-state index in [2.05, 4.69) is 6.92 Å². The Morgan fingerprint density at radius 1 is 0.905 bits per heavy atom. The molecule has 0 radical (unpaired) electrons. The second kappa shape index (κ2) is 7.46. The minimum Gasteiger partial charge on any atom is -0.382 e. The Bertz CT molecular complexity index is 672. The first kappa shape index (κ1) is 15.8. The van der Waals surface area contributed by atoms with Crippen LogP contribution in [0.4, 0.5) is 0 Å². The van der Waals surface area contributed by atoms with Gasteiger partial charge in [0.05, 0.1) is 5.75 Å². The topological polar surface area (TPSA) is 43.4 Å². The van der Waals surface area contributed by atoms with E-state index in [9.17, 15) is 8.42 Å². The lowest BCUT2D eigenvalue weighted by atomic mass is 10.1. The van der Waals surface area contributed by atoms with E-state index in [1.54, 1.807) is 6.07 Å². The monoisotopic (exact) mass is 306 g/mol. The number of hydrogen-bond acceptors (Lipinski definition) is 3. The molecule has 4 heteroatoms. The Hall–Kier alpha value is -1.55. The highest BCUT2D eigenvalue weighted by molar-refractivity contribution is 7.87. The maximum absolute atomic E-state index is 12.1. The van der Waals surface area contributed by atoms with Gasteiger partial charge in [-0.3, -0.25) is 0 Å². The number of hydrogen-bond donors (Lipinski definition) is 0. The molecule has 0 aliphatic carbocycles. The molecule has 0 aliphatic rings. The molecule has 0 spiro atoms. The minimum atomic E-state index is -3.51. The van der Waals surface area contributed by atoms with Crippen LogP contribution in [0.2, 0.25) is 0 Å². The van der Waals surface area contributed by atoms with Crippen LogP contribution < -0.4 is 4.18 Å². The fraction of sp³-hybridized carbons (Fsp3) is 0.412. The molecular weight excluding hydrogens is 284 g/mol. The Kier molecular flexibility index (Phi) is 5.62. The van der Waals surface area contributed by atoms with Gasteiger partial charge in [-0.1, -0.05) is 69.0 Å². The van der Waals surface area contributed by atoms with Crippen molar-refractivity contribution >= 4 is 20.9 Å². The molecule has 0 aliphatic heterocycles. The summed E-state index contributed by atoms with van der Waals surface area (Å²) < 4.78 is 29.4. The van der Waals surface area contributed by atoms with E-state index in [1.165, 1.54) is 0 Å². The van der Waals surface area contributed by atoms with E-state index >= 15 is 0 Å². The van der Waals surface area contributed by atoms with Crippen molar-refractivity contribution in [1.29, 1.82) is 0 Å². The van der Waals surface area contributed by atoms with Gasteiger partial charge < -0.3 is 4.18 Å². The number of benzene rings is 2. The van der Waals surface area contributed by atoms with Gasteiger partial charge in [-0.05, 0) is 17.9 Å². The quantitative estimate of drug-likeness (QED) is 0.532. The molecule has 0 fully saturated rings. The summed E-state index contributed by atoms with van der Waals surface area (Å²) in [6.45, 7) is 2.14. The van der Waals surface area contributed by atoms with Crippen molar-refractivity contribution in [3.05, 3.63) is 42.5 Å². The highest BCUT2D eigenvalue weighted by Gasteiger charge is 2.14. The zero-order valence-electron chi connectivity index (χ0n) is 12.4. The first-order valence-corrected chi connectivity index (χ1v) is 9.10. The molecule has 0 unspecified atom stereocenters. The van der Waals surface area contributed by atoms with Crippen LogP contribution in [0.5, 0.6) is 5.75 Å². The normalized spacial score (nSPS) is 11.7. The molecule has 2 aromatic carbocycles. The average molecular weight is 306 g/mol. The lowest BCUT2D eigenvalue weighted by Crippen LogP contribution is -2.14. The molecular formula is C17H22O3S. The first-order chi connectivity index (χ1) is 10.1. The molecule has 2 aromatic rings. The largest absolute Gasteiger partial charge is 0.382 e. The molecule has 0 saturated carbocycles. The second-order valence-electron chi connectivity index (χ2n) is 5.24. The van der Waals surface area contributed by atoms with Crippen LogP contribution in [-0.2, 0) is 10.1 Å². The standard InChI is InChI=1S/C17H22O3S/c1-2-3-4-5-8-14-21(18,19)20-17-13-9-11-15-10-6-7-12-16(15)17/h6-7,9-13H,2-5,8,14H2,1H3. The molecule has 21 heavy (non-hydrogen) atoms. The van der Waals surface area contributed by atoms with Crippen LogP contribution in [0, 0.1) is 0 Å². The zero-order chi connectivity index (χ0) is 15.1. The summed E-state index contributed by atoms with van der Waals surface area (Å²) in [5.74, 6) is 0.501. The molecule has 0 N–H and O–H groups in total. The van der Waals surface area contributed by atoms with Gasteiger partial charge in [0.25, 0.3) is 0 Å². The lowest BCUT2D eigenvalue weighted by molar-refractivity contribution is 0.484. The van der Waals surface area contributed by atoms with Crippen molar-refractivity contribution in [3.8, 4) is 5.75 Å². The van der Waals surface area contributed by atoms with Crippen LogP contribution in [0.25, 0.3) is 10.8 Å². The van der Waals surface area contributed by atoms with E-state index in [0.29, 0.717) is 12.2 Å². The van der Waals surface area contributed by atoms with Gasteiger partial charge in [0.2, 0.25) is 0 Å². The fourth-order valence-electron chi connectivity index (χ4n) is 2.33. The van der Waals surface area contributed by atoms with Crippen molar-refractivity contribution in [2.75, 3.05) is 5.75 Å². The molecule has 0 heterocycles. The van der Waals surface area contributed by atoms with E-state index in [0.717, 1.165) is 36.5 Å². The van der Waals surface area contributed by atoms with Crippen molar-refractivity contribution in [2.45, 2.75) is 39.0 Å². The van der Waals surface area contributed by atoms with Crippen LogP contribution in [0.3, 0.4) is 0 Å². The maximum Gasteiger partial charge on any atom is 0.309 e. The van der Waals surface area contributed by atoms with Crippen LogP contribution in [-0.4, -0.2) is 14.2 Å². The third-order valence-electron chi connectivity index (χ3n) is 3.46. The highest BCUT2D eigenvalue weighted by Crippen LogP contribution is 2.26. The van der Waals surface area contributed by atoms with Crippen LogP contribution in [0.1, 0.15) is 39.0 Å². The van der Waals surface area contributed by atoms with Crippen molar-refractivity contribution in [2.24, 2.45) is 0 Å². The highest BCUT2D eigenvalue weighted by atomic mass is 32.2.